The lowest BCUT2D eigenvalue weighted by Crippen LogP contribution is -2.27. The Bertz CT molecular complexity index is 149. The van der Waals surface area contributed by atoms with Crippen molar-refractivity contribution in [1.29, 1.82) is 0 Å². The lowest BCUT2D eigenvalue weighted by Gasteiger charge is -2.17. The van der Waals surface area contributed by atoms with Crippen LogP contribution in [0.25, 0.3) is 0 Å². The van der Waals surface area contributed by atoms with E-state index in [1.165, 1.54) is 0 Å². The second kappa shape index (κ2) is 4.94. The van der Waals surface area contributed by atoms with Crippen molar-refractivity contribution < 1.29 is 14.9 Å². The van der Waals surface area contributed by atoms with E-state index in [1.807, 2.05) is 0 Å². The number of hydrogen-bond acceptors (Lipinski definition) is 3. The molecule has 1 saturated heterocycles. The van der Waals surface area contributed by atoms with Crippen molar-refractivity contribution in [3.63, 3.8) is 0 Å². The van der Waals surface area contributed by atoms with Crippen molar-refractivity contribution in [3.05, 3.63) is 0 Å². The van der Waals surface area contributed by atoms with Gasteiger partial charge in [0, 0.05) is 12.8 Å². The summed E-state index contributed by atoms with van der Waals surface area (Å²) in [6.07, 6.45) is 5.49. The average Bonchev–Trinajstić information content (AvgIpc) is 2.46. The Morgan fingerprint density at radius 1 is 1.38 bits per heavy atom. The van der Waals surface area contributed by atoms with Gasteiger partial charge in [-0.1, -0.05) is 26.7 Å². The molecule has 1 rings (SSSR count). The minimum atomic E-state index is -1.00. The molecule has 1 aliphatic rings. The largest absolute Gasteiger partial charge is 0.363 e. The van der Waals surface area contributed by atoms with Gasteiger partial charge in [0.25, 0.3) is 0 Å². The van der Waals surface area contributed by atoms with Crippen LogP contribution in [0.1, 0.15) is 52.4 Å². The van der Waals surface area contributed by atoms with Gasteiger partial charge in [-0.15, -0.1) is 0 Å². The minimum absolute atomic E-state index is 0.0897. The molecule has 0 spiro atoms. The summed E-state index contributed by atoms with van der Waals surface area (Å²) in [4.78, 5) is 10.0. The van der Waals surface area contributed by atoms with Crippen LogP contribution in [-0.2, 0) is 9.78 Å². The fourth-order valence-electron chi connectivity index (χ4n) is 1.65. The van der Waals surface area contributed by atoms with Crippen LogP contribution in [0.5, 0.6) is 0 Å². The average molecular weight is 188 g/mol. The van der Waals surface area contributed by atoms with Gasteiger partial charge >= 0.3 is 0 Å². The Labute approximate surface area is 80.0 Å². The Morgan fingerprint density at radius 3 is 2.77 bits per heavy atom. The quantitative estimate of drug-likeness (QED) is 0.673. The number of aliphatic hydroxyl groups is 1. The van der Waals surface area contributed by atoms with Crippen LogP contribution in [0.4, 0.5) is 0 Å². The third kappa shape index (κ3) is 3.25. The molecular weight excluding hydrogens is 168 g/mol. The highest BCUT2D eigenvalue weighted by Gasteiger charge is 2.39. The van der Waals surface area contributed by atoms with Gasteiger partial charge in [-0.25, -0.2) is 9.78 Å². The molecule has 1 aliphatic heterocycles. The molecule has 0 aromatic rings. The Hall–Kier alpha value is -0.120. The first-order chi connectivity index (χ1) is 6.20. The van der Waals surface area contributed by atoms with E-state index >= 15 is 0 Å². The Kier molecular flexibility index (Phi) is 4.16. The molecule has 0 saturated carbocycles. The second-order valence-electron chi connectivity index (χ2n) is 3.84. The van der Waals surface area contributed by atoms with Crippen LogP contribution < -0.4 is 0 Å². The standard InChI is InChI=1S/C10H20O3/c1-3-5-7-10(11)8-9(6-4-2)12-13-10/h9,11H,3-8H2,1-2H3/t9-,10?/m1/s1. The molecule has 13 heavy (non-hydrogen) atoms. The van der Waals surface area contributed by atoms with Crippen LogP contribution in [0.3, 0.4) is 0 Å². The maximum Gasteiger partial charge on any atom is 0.201 e. The van der Waals surface area contributed by atoms with Crippen molar-refractivity contribution in [2.45, 2.75) is 64.3 Å². The number of rotatable bonds is 5. The minimum Gasteiger partial charge on any atom is -0.363 e. The first-order valence-corrected chi connectivity index (χ1v) is 5.27. The van der Waals surface area contributed by atoms with Gasteiger partial charge in [0.2, 0.25) is 5.79 Å². The summed E-state index contributed by atoms with van der Waals surface area (Å²) in [5, 5.41) is 9.87. The van der Waals surface area contributed by atoms with Gasteiger partial charge in [0.05, 0.1) is 6.10 Å². The predicted octanol–water partition coefficient (Wildman–Crippen LogP) is 2.39. The van der Waals surface area contributed by atoms with Crippen LogP contribution in [0.2, 0.25) is 0 Å². The molecule has 3 nitrogen and oxygen atoms in total. The van der Waals surface area contributed by atoms with Crippen molar-refractivity contribution >= 4 is 0 Å². The molecule has 1 fully saturated rings. The van der Waals surface area contributed by atoms with E-state index in [9.17, 15) is 5.11 Å². The molecule has 3 heteroatoms. The third-order valence-corrected chi connectivity index (χ3v) is 2.42. The molecule has 2 atom stereocenters. The molecule has 78 valence electrons. The van der Waals surface area contributed by atoms with E-state index < -0.39 is 5.79 Å². The topological polar surface area (TPSA) is 38.7 Å². The summed E-state index contributed by atoms with van der Waals surface area (Å²) < 4.78 is 0. The fraction of sp³-hybridized carbons (Fsp3) is 1.00. The number of hydrogen-bond donors (Lipinski definition) is 1. The molecule has 1 N–H and O–H groups in total. The molecule has 0 amide bonds. The monoisotopic (exact) mass is 188 g/mol. The predicted molar refractivity (Wildman–Crippen MR) is 50.0 cm³/mol. The highest BCUT2D eigenvalue weighted by atomic mass is 17.2. The van der Waals surface area contributed by atoms with E-state index in [1.54, 1.807) is 0 Å². The van der Waals surface area contributed by atoms with E-state index in [2.05, 4.69) is 13.8 Å². The van der Waals surface area contributed by atoms with Gasteiger partial charge in [0.15, 0.2) is 0 Å². The Morgan fingerprint density at radius 2 is 2.15 bits per heavy atom. The molecule has 0 aliphatic carbocycles. The fourth-order valence-corrected chi connectivity index (χ4v) is 1.65. The normalized spacial score (nSPS) is 33.9. The zero-order valence-corrected chi connectivity index (χ0v) is 8.58. The SMILES string of the molecule is CCCCC1(O)C[C@@H](CCC)OO1. The van der Waals surface area contributed by atoms with Gasteiger partial charge < -0.3 is 5.11 Å². The van der Waals surface area contributed by atoms with Crippen LogP contribution in [0, 0.1) is 0 Å². The summed E-state index contributed by atoms with van der Waals surface area (Å²) in [7, 11) is 0. The van der Waals surface area contributed by atoms with E-state index in [0.717, 1.165) is 25.7 Å². The molecular formula is C10H20O3. The zero-order chi connectivity index (χ0) is 9.73. The van der Waals surface area contributed by atoms with Crippen molar-refractivity contribution in [1.82, 2.24) is 0 Å². The summed E-state index contributed by atoms with van der Waals surface area (Å²) in [5.41, 5.74) is 0. The zero-order valence-electron chi connectivity index (χ0n) is 8.58. The van der Waals surface area contributed by atoms with Gasteiger partial charge in [-0.05, 0) is 12.8 Å². The highest BCUT2D eigenvalue weighted by molar-refractivity contribution is 4.75. The molecule has 1 heterocycles. The highest BCUT2D eigenvalue weighted by Crippen LogP contribution is 2.32. The first-order valence-electron chi connectivity index (χ1n) is 5.27. The van der Waals surface area contributed by atoms with Crippen LogP contribution in [-0.4, -0.2) is 17.0 Å². The maximum absolute atomic E-state index is 9.87. The van der Waals surface area contributed by atoms with Gasteiger partial charge in [-0.2, -0.15) is 0 Å². The van der Waals surface area contributed by atoms with Crippen molar-refractivity contribution in [3.8, 4) is 0 Å². The summed E-state index contributed by atoms with van der Waals surface area (Å²) in [6, 6.07) is 0. The Balaban J connectivity index is 2.28. The summed E-state index contributed by atoms with van der Waals surface area (Å²) in [5.74, 6) is -1.00. The maximum atomic E-state index is 9.87. The first kappa shape index (κ1) is 11.0. The third-order valence-electron chi connectivity index (χ3n) is 2.42. The summed E-state index contributed by atoms with van der Waals surface area (Å²) >= 11 is 0. The lowest BCUT2D eigenvalue weighted by molar-refractivity contribution is -0.379. The van der Waals surface area contributed by atoms with Crippen LogP contribution in [0.15, 0.2) is 0 Å². The smallest absolute Gasteiger partial charge is 0.201 e. The molecule has 1 unspecified atom stereocenters. The summed E-state index contributed by atoms with van der Waals surface area (Å²) in [6.45, 7) is 4.20. The molecule has 0 radical (unpaired) electrons. The van der Waals surface area contributed by atoms with E-state index in [0.29, 0.717) is 12.8 Å². The van der Waals surface area contributed by atoms with Crippen LogP contribution >= 0.6 is 0 Å². The molecule has 0 aromatic heterocycles. The van der Waals surface area contributed by atoms with E-state index in [-0.39, 0.29) is 6.10 Å². The van der Waals surface area contributed by atoms with Gasteiger partial charge in [0.1, 0.15) is 0 Å². The van der Waals surface area contributed by atoms with Crippen molar-refractivity contribution in [2.24, 2.45) is 0 Å². The molecule has 0 aromatic carbocycles. The second-order valence-corrected chi connectivity index (χ2v) is 3.84. The number of unbranched alkanes of at least 4 members (excludes halogenated alkanes) is 1. The lowest BCUT2D eigenvalue weighted by atomic mass is 10.0. The van der Waals surface area contributed by atoms with E-state index in [4.69, 9.17) is 9.78 Å². The van der Waals surface area contributed by atoms with Gasteiger partial charge in [-0.3, -0.25) is 0 Å². The van der Waals surface area contributed by atoms with Crippen molar-refractivity contribution in [2.75, 3.05) is 0 Å². The molecule has 0 bridgehead atoms.